The van der Waals surface area contributed by atoms with E-state index in [1.165, 1.54) is 7.11 Å². The van der Waals surface area contributed by atoms with Gasteiger partial charge in [-0.15, -0.1) is 8.98 Å². The monoisotopic (exact) mass is 312 g/mol. The topological polar surface area (TPSA) is 69.5 Å². The molecule has 21 heavy (non-hydrogen) atoms. The van der Waals surface area contributed by atoms with E-state index in [-0.39, 0.29) is 18.0 Å². The first kappa shape index (κ1) is 14.1. The zero-order chi connectivity index (χ0) is 14.8. The van der Waals surface area contributed by atoms with Crippen molar-refractivity contribution in [2.75, 3.05) is 38.3 Å². The van der Waals surface area contributed by atoms with Crippen molar-refractivity contribution >= 4 is 35.0 Å². The summed E-state index contributed by atoms with van der Waals surface area (Å²) in [5.41, 5.74) is 1.19. The van der Waals surface area contributed by atoms with E-state index >= 15 is 0 Å². The van der Waals surface area contributed by atoms with E-state index in [9.17, 15) is 8.68 Å². The van der Waals surface area contributed by atoms with Gasteiger partial charge in [0.05, 0.1) is 37.6 Å². The molecule has 2 aromatic rings. The largest absolute Gasteiger partial charge is 0.464 e. The summed E-state index contributed by atoms with van der Waals surface area (Å²) in [4.78, 5) is 18.1. The SMILES string of the molecule is COC(=O)c1nn(SF)c2ncc(N3CCOCC3)cc12. The minimum atomic E-state index is -0.617. The van der Waals surface area contributed by atoms with E-state index < -0.39 is 5.97 Å². The van der Waals surface area contributed by atoms with Crippen molar-refractivity contribution < 1.29 is 18.2 Å². The summed E-state index contributed by atoms with van der Waals surface area (Å²) < 4.78 is 23.8. The van der Waals surface area contributed by atoms with Crippen LogP contribution in [0.2, 0.25) is 0 Å². The molecule has 7 nitrogen and oxygen atoms in total. The van der Waals surface area contributed by atoms with Gasteiger partial charge in [0.25, 0.3) is 0 Å². The van der Waals surface area contributed by atoms with E-state index in [0.29, 0.717) is 24.2 Å². The van der Waals surface area contributed by atoms with Gasteiger partial charge >= 0.3 is 5.97 Å². The summed E-state index contributed by atoms with van der Waals surface area (Å²) in [6, 6.07) is 1.78. The van der Waals surface area contributed by atoms with E-state index in [4.69, 9.17) is 4.74 Å². The van der Waals surface area contributed by atoms with Gasteiger partial charge in [-0.1, -0.05) is 0 Å². The summed E-state index contributed by atoms with van der Waals surface area (Å²) in [6.45, 7) is 2.77. The molecule has 0 N–H and O–H groups in total. The lowest BCUT2D eigenvalue weighted by Crippen LogP contribution is -2.36. The molecule has 3 heterocycles. The second-order valence-electron chi connectivity index (χ2n) is 4.45. The first-order chi connectivity index (χ1) is 10.2. The highest BCUT2D eigenvalue weighted by Gasteiger charge is 2.21. The van der Waals surface area contributed by atoms with Crippen LogP contribution in [0.5, 0.6) is 0 Å². The molecule has 112 valence electrons. The van der Waals surface area contributed by atoms with Crippen LogP contribution in [0.15, 0.2) is 12.3 Å². The van der Waals surface area contributed by atoms with Crippen molar-refractivity contribution in [1.29, 1.82) is 0 Å². The van der Waals surface area contributed by atoms with Crippen molar-refractivity contribution in [3.05, 3.63) is 18.0 Å². The van der Waals surface area contributed by atoms with Crippen molar-refractivity contribution in [1.82, 2.24) is 14.2 Å². The molecule has 2 aromatic heterocycles. The van der Waals surface area contributed by atoms with Crippen LogP contribution in [0.3, 0.4) is 0 Å². The van der Waals surface area contributed by atoms with Crippen molar-refractivity contribution in [2.45, 2.75) is 0 Å². The number of hydrogen-bond donors (Lipinski definition) is 0. The van der Waals surface area contributed by atoms with Crippen LogP contribution in [-0.4, -0.2) is 53.6 Å². The predicted octanol–water partition coefficient (Wildman–Crippen LogP) is 1.44. The van der Waals surface area contributed by atoms with Gasteiger partial charge in [0.15, 0.2) is 23.7 Å². The van der Waals surface area contributed by atoms with Crippen molar-refractivity contribution in [3.63, 3.8) is 0 Å². The first-order valence-corrected chi connectivity index (χ1v) is 7.01. The quantitative estimate of drug-likeness (QED) is 0.794. The van der Waals surface area contributed by atoms with Crippen LogP contribution in [0.1, 0.15) is 10.5 Å². The molecule has 0 saturated carbocycles. The highest BCUT2D eigenvalue weighted by Crippen LogP contribution is 2.26. The zero-order valence-electron chi connectivity index (χ0n) is 11.3. The molecule has 1 aliphatic rings. The molecule has 0 bridgehead atoms. The van der Waals surface area contributed by atoms with Gasteiger partial charge in [-0.05, 0) is 6.07 Å². The molecule has 1 fully saturated rings. The van der Waals surface area contributed by atoms with Gasteiger partial charge in [-0.3, -0.25) is 0 Å². The van der Waals surface area contributed by atoms with Gasteiger partial charge in [0, 0.05) is 13.1 Å². The van der Waals surface area contributed by atoms with Crippen LogP contribution in [0.25, 0.3) is 11.0 Å². The van der Waals surface area contributed by atoms with Gasteiger partial charge < -0.3 is 14.4 Å². The lowest BCUT2D eigenvalue weighted by Gasteiger charge is -2.28. The first-order valence-electron chi connectivity index (χ1n) is 6.33. The molecule has 0 radical (unpaired) electrons. The highest BCUT2D eigenvalue weighted by molar-refractivity contribution is 7.92. The lowest BCUT2D eigenvalue weighted by atomic mass is 10.2. The molecule has 0 aliphatic carbocycles. The molecule has 1 saturated heterocycles. The molecule has 9 heteroatoms. The number of halogens is 1. The van der Waals surface area contributed by atoms with Crippen LogP contribution < -0.4 is 4.90 Å². The Kier molecular flexibility index (Phi) is 3.93. The Balaban J connectivity index is 2.08. The van der Waals surface area contributed by atoms with Crippen LogP contribution in [-0.2, 0) is 9.47 Å². The van der Waals surface area contributed by atoms with E-state index in [1.54, 1.807) is 12.3 Å². The minimum Gasteiger partial charge on any atom is -0.464 e. The number of ether oxygens (including phenoxy) is 2. The number of pyridine rings is 1. The van der Waals surface area contributed by atoms with E-state index in [0.717, 1.165) is 22.9 Å². The van der Waals surface area contributed by atoms with Crippen LogP contribution >= 0.6 is 12.3 Å². The van der Waals surface area contributed by atoms with Gasteiger partial charge in [-0.25, -0.2) is 9.78 Å². The zero-order valence-corrected chi connectivity index (χ0v) is 12.1. The molecule has 1 aliphatic heterocycles. The number of esters is 1. The molecule has 0 atom stereocenters. The van der Waals surface area contributed by atoms with Crippen LogP contribution in [0.4, 0.5) is 9.57 Å². The normalized spacial score (nSPS) is 15.4. The molecule has 3 rings (SSSR count). The third kappa shape index (κ3) is 2.54. The number of morpholine rings is 1. The van der Waals surface area contributed by atoms with Gasteiger partial charge in [-0.2, -0.15) is 4.09 Å². The number of nitrogens with zero attached hydrogens (tertiary/aromatic N) is 4. The molecule has 0 spiro atoms. The second kappa shape index (κ2) is 5.86. The summed E-state index contributed by atoms with van der Waals surface area (Å²) in [5.74, 6) is -0.617. The fourth-order valence-electron chi connectivity index (χ4n) is 2.26. The average Bonchev–Trinajstić information content (AvgIpc) is 2.93. The standard InChI is InChI=1S/C12H13FN4O3S/c1-19-12(18)10-9-6-8(16-2-4-20-5-3-16)7-14-11(9)17(15-10)21-13/h6-7H,2-5H2,1H3. The Morgan fingerprint density at radius 3 is 2.90 bits per heavy atom. The molecular formula is C12H13FN4O3S. The maximum absolute atomic E-state index is 12.9. The Morgan fingerprint density at radius 2 is 2.24 bits per heavy atom. The van der Waals surface area contributed by atoms with E-state index in [1.807, 2.05) is 0 Å². The Morgan fingerprint density at radius 1 is 1.48 bits per heavy atom. The third-order valence-corrected chi connectivity index (χ3v) is 3.69. The third-order valence-electron chi connectivity index (χ3n) is 3.30. The number of carbonyl (C=O) groups excluding carboxylic acids is 1. The average molecular weight is 312 g/mol. The Labute approximate surface area is 124 Å². The fraction of sp³-hybridized carbons (Fsp3) is 0.417. The Bertz CT molecular complexity index is 672. The second-order valence-corrected chi connectivity index (χ2v) is 4.93. The molecular weight excluding hydrogens is 299 g/mol. The summed E-state index contributed by atoms with van der Waals surface area (Å²) in [5, 5.41) is 4.36. The molecule has 0 aromatic carbocycles. The number of hydrogen-bond acceptors (Lipinski definition) is 7. The van der Waals surface area contributed by atoms with Crippen molar-refractivity contribution in [2.24, 2.45) is 0 Å². The fourth-order valence-corrected chi connectivity index (χ4v) is 2.58. The molecule has 0 amide bonds. The smallest absolute Gasteiger partial charge is 0.359 e. The van der Waals surface area contributed by atoms with Crippen LogP contribution in [0, 0.1) is 0 Å². The number of rotatable bonds is 3. The van der Waals surface area contributed by atoms with E-state index in [2.05, 4.69) is 19.7 Å². The summed E-state index contributed by atoms with van der Waals surface area (Å²) in [6.07, 6.45) is 1.64. The Hall–Kier alpha value is -1.87. The van der Waals surface area contributed by atoms with Crippen molar-refractivity contribution in [3.8, 4) is 0 Å². The maximum atomic E-state index is 12.9. The number of anilines is 1. The maximum Gasteiger partial charge on any atom is 0.359 e. The number of carbonyl (C=O) groups is 1. The summed E-state index contributed by atoms with van der Waals surface area (Å²) in [7, 11) is 1.26. The number of fused-ring (bicyclic) bond motifs is 1. The van der Waals surface area contributed by atoms with Gasteiger partial charge in [0.2, 0.25) is 0 Å². The minimum absolute atomic E-state index is 0.0558. The molecule has 0 unspecified atom stereocenters. The lowest BCUT2D eigenvalue weighted by molar-refractivity contribution is 0.0596. The highest BCUT2D eigenvalue weighted by atomic mass is 32.2. The predicted molar refractivity (Wildman–Crippen MR) is 76.0 cm³/mol. The van der Waals surface area contributed by atoms with Gasteiger partial charge in [0.1, 0.15) is 0 Å². The summed E-state index contributed by atoms with van der Waals surface area (Å²) >= 11 is -0.110. The number of aromatic nitrogens is 3. The number of methoxy groups -OCH3 is 1.